The number of hydrogen-bond donors (Lipinski definition) is 1. The molecule has 0 fully saturated rings. The van der Waals surface area contributed by atoms with Gasteiger partial charge in [0, 0.05) is 18.0 Å². The third-order valence-corrected chi connectivity index (χ3v) is 4.10. The average Bonchev–Trinajstić information content (AvgIpc) is 3.07. The fraction of sp³-hybridized carbons (Fsp3) is 0.0625. The molecule has 1 amide bonds. The smallest absolute Gasteiger partial charge is 0.277 e. The maximum Gasteiger partial charge on any atom is 0.277 e. The lowest BCUT2D eigenvalue weighted by atomic mass is 10.2. The van der Waals surface area contributed by atoms with Gasteiger partial charge in [-0.2, -0.15) is 0 Å². The van der Waals surface area contributed by atoms with Crippen molar-refractivity contribution >= 4 is 23.6 Å². The van der Waals surface area contributed by atoms with Crippen molar-refractivity contribution < 1.29 is 13.9 Å². The number of rotatable bonds is 4. The Kier molecular flexibility index (Phi) is 4.13. The Hall–Kier alpha value is -3.20. The minimum Gasteiger partial charge on any atom is -0.440 e. The fourth-order valence-electron chi connectivity index (χ4n) is 2.13. The van der Waals surface area contributed by atoms with Crippen molar-refractivity contribution in [3.05, 3.63) is 54.4 Å². The maximum atomic E-state index is 11.9. The van der Waals surface area contributed by atoms with Crippen LogP contribution in [0.3, 0.4) is 0 Å². The third kappa shape index (κ3) is 3.36. The number of hydrazone groups is 1. The van der Waals surface area contributed by atoms with Crippen LogP contribution in [0.5, 0.6) is 5.75 Å². The number of aromatic nitrogens is 3. The number of ether oxygens (including phenoxy) is 1. The molecule has 4 rings (SSSR count). The summed E-state index contributed by atoms with van der Waals surface area (Å²) in [5, 5.41) is 12.3. The monoisotopic (exact) mass is 353 g/mol. The first-order valence-corrected chi connectivity index (χ1v) is 8.28. The Morgan fingerprint density at radius 3 is 2.80 bits per heavy atom. The van der Waals surface area contributed by atoms with Crippen LogP contribution in [-0.2, 0) is 0 Å². The summed E-state index contributed by atoms with van der Waals surface area (Å²) in [5.41, 5.74) is 3.68. The van der Waals surface area contributed by atoms with Gasteiger partial charge in [0.25, 0.3) is 11.1 Å². The second-order valence-corrected chi connectivity index (χ2v) is 5.87. The molecule has 3 heterocycles. The van der Waals surface area contributed by atoms with Crippen molar-refractivity contribution in [3.8, 4) is 17.2 Å². The Morgan fingerprint density at radius 2 is 1.92 bits per heavy atom. The molecule has 124 valence electrons. The van der Waals surface area contributed by atoms with Gasteiger partial charge in [0.2, 0.25) is 11.8 Å². The molecule has 0 aliphatic carbocycles. The summed E-state index contributed by atoms with van der Waals surface area (Å²) in [4.78, 5) is 15.9. The quantitative estimate of drug-likeness (QED) is 0.718. The van der Waals surface area contributed by atoms with E-state index < -0.39 is 0 Å². The fourth-order valence-corrected chi connectivity index (χ4v) is 2.74. The predicted molar refractivity (Wildman–Crippen MR) is 90.2 cm³/mol. The number of pyridine rings is 1. The van der Waals surface area contributed by atoms with E-state index in [0.29, 0.717) is 34.1 Å². The number of nitrogens with one attached hydrogen (secondary N) is 1. The number of hydrogen-bond acceptors (Lipinski definition) is 8. The van der Waals surface area contributed by atoms with E-state index >= 15 is 0 Å². The Morgan fingerprint density at radius 1 is 1.08 bits per heavy atom. The Balaban J connectivity index is 1.45. The summed E-state index contributed by atoms with van der Waals surface area (Å²) in [5.74, 6) is 1.22. The van der Waals surface area contributed by atoms with Crippen LogP contribution in [0.2, 0.25) is 0 Å². The summed E-state index contributed by atoms with van der Waals surface area (Å²) in [6, 6.07) is 10.5. The molecular weight excluding hydrogens is 342 g/mol. The van der Waals surface area contributed by atoms with Gasteiger partial charge in [0.15, 0.2) is 0 Å². The van der Waals surface area contributed by atoms with Crippen molar-refractivity contribution in [1.82, 2.24) is 20.6 Å². The molecular formula is C16H11N5O3S. The first-order valence-electron chi connectivity index (χ1n) is 7.30. The van der Waals surface area contributed by atoms with Gasteiger partial charge in [-0.15, -0.1) is 15.3 Å². The Labute approximate surface area is 146 Å². The molecule has 0 atom stereocenters. The van der Waals surface area contributed by atoms with Gasteiger partial charge >= 0.3 is 0 Å². The number of carbonyl (C=O) groups excluding carboxylic acids is 1. The lowest BCUT2D eigenvalue weighted by Gasteiger charge is -2.06. The lowest BCUT2D eigenvalue weighted by Crippen LogP contribution is -2.18. The van der Waals surface area contributed by atoms with Crippen molar-refractivity contribution in [2.45, 2.75) is 5.22 Å². The van der Waals surface area contributed by atoms with Crippen molar-refractivity contribution in [3.63, 3.8) is 0 Å². The largest absolute Gasteiger partial charge is 0.440 e. The van der Waals surface area contributed by atoms with Gasteiger partial charge in [0.05, 0.1) is 11.3 Å². The van der Waals surface area contributed by atoms with Crippen LogP contribution in [0, 0.1) is 0 Å². The van der Waals surface area contributed by atoms with Crippen LogP contribution in [-0.4, -0.2) is 32.7 Å². The van der Waals surface area contributed by atoms with Crippen LogP contribution in [0.15, 0.2) is 63.5 Å². The van der Waals surface area contributed by atoms with Crippen molar-refractivity contribution in [1.29, 1.82) is 0 Å². The number of para-hydroxylation sites is 1. The first-order chi connectivity index (χ1) is 12.3. The van der Waals surface area contributed by atoms with Crippen LogP contribution < -0.4 is 10.2 Å². The summed E-state index contributed by atoms with van der Waals surface area (Å²) < 4.78 is 11.3. The molecule has 1 aliphatic rings. The van der Waals surface area contributed by atoms with Crippen LogP contribution in [0.1, 0.15) is 10.4 Å². The first kappa shape index (κ1) is 15.3. The standard InChI is InChI=1S/C16H11N5O3S/c22-14-11-3-1-2-4-12(11)23-13(18-19-14)9-25-16-21-20-15(24-16)10-5-7-17-8-6-10/h1-8H,9H2,(H,19,22). The summed E-state index contributed by atoms with van der Waals surface area (Å²) in [6.07, 6.45) is 3.31. The highest BCUT2D eigenvalue weighted by molar-refractivity contribution is 7.99. The second-order valence-electron chi connectivity index (χ2n) is 4.94. The number of thioether (sulfide) groups is 1. The van der Waals surface area contributed by atoms with Crippen molar-refractivity contribution in [2.24, 2.45) is 5.10 Å². The average molecular weight is 353 g/mol. The Bertz CT molecular complexity index is 942. The van der Waals surface area contributed by atoms with Gasteiger partial charge in [-0.1, -0.05) is 23.9 Å². The SMILES string of the molecule is O=C1NN=C(CSc2nnc(-c3ccncc3)o2)Oc2ccccc21. The zero-order valence-electron chi connectivity index (χ0n) is 12.7. The zero-order chi connectivity index (χ0) is 17.1. The molecule has 1 N–H and O–H groups in total. The van der Waals surface area contributed by atoms with Crippen LogP contribution in [0.25, 0.3) is 11.5 Å². The molecule has 25 heavy (non-hydrogen) atoms. The van der Waals surface area contributed by atoms with E-state index in [1.54, 1.807) is 48.8 Å². The van der Waals surface area contributed by atoms with Gasteiger partial charge < -0.3 is 9.15 Å². The number of benzene rings is 1. The van der Waals surface area contributed by atoms with E-state index in [1.165, 1.54) is 11.8 Å². The zero-order valence-corrected chi connectivity index (χ0v) is 13.6. The van der Waals surface area contributed by atoms with Gasteiger partial charge in [-0.3, -0.25) is 9.78 Å². The maximum absolute atomic E-state index is 11.9. The topological polar surface area (TPSA) is 103 Å². The van der Waals surface area contributed by atoms with Crippen molar-refractivity contribution in [2.75, 3.05) is 5.75 Å². The summed E-state index contributed by atoms with van der Waals surface area (Å²) in [7, 11) is 0. The molecule has 3 aromatic rings. The highest BCUT2D eigenvalue weighted by Gasteiger charge is 2.19. The van der Waals surface area contributed by atoms with E-state index in [-0.39, 0.29) is 5.91 Å². The van der Waals surface area contributed by atoms with E-state index in [0.717, 1.165) is 5.56 Å². The van der Waals surface area contributed by atoms with E-state index in [9.17, 15) is 4.79 Å². The lowest BCUT2D eigenvalue weighted by molar-refractivity contribution is 0.0955. The van der Waals surface area contributed by atoms with E-state index in [1.807, 2.05) is 0 Å². The number of amides is 1. The molecule has 0 spiro atoms. The molecule has 0 unspecified atom stereocenters. The minimum absolute atomic E-state index is 0.312. The number of carbonyl (C=O) groups is 1. The number of fused-ring (bicyclic) bond motifs is 1. The predicted octanol–water partition coefficient (Wildman–Crippen LogP) is 2.36. The van der Waals surface area contributed by atoms with E-state index in [2.05, 4.69) is 25.7 Å². The number of nitrogens with zero attached hydrogens (tertiary/aromatic N) is 4. The highest BCUT2D eigenvalue weighted by Crippen LogP contribution is 2.25. The molecule has 1 aromatic carbocycles. The summed E-state index contributed by atoms with van der Waals surface area (Å²) >= 11 is 1.26. The third-order valence-electron chi connectivity index (χ3n) is 3.29. The second kappa shape index (κ2) is 6.73. The van der Waals surface area contributed by atoms with Crippen LogP contribution >= 0.6 is 11.8 Å². The molecule has 8 nitrogen and oxygen atoms in total. The summed E-state index contributed by atoms with van der Waals surface area (Å²) in [6.45, 7) is 0. The van der Waals surface area contributed by atoms with Gasteiger partial charge in [0.1, 0.15) is 5.75 Å². The van der Waals surface area contributed by atoms with Crippen LogP contribution in [0.4, 0.5) is 0 Å². The van der Waals surface area contributed by atoms with Gasteiger partial charge in [-0.05, 0) is 24.3 Å². The molecule has 0 saturated heterocycles. The molecule has 1 aliphatic heterocycles. The molecule has 0 saturated carbocycles. The van der Waals surface area contributed by atoms with E-state index in [4.69, 9.17) is 9.15 Å². The van der Waals surface area contributed by atoms with Gasteiger partial charge in [-0.25, -0.2) is 5.43 Å². The molecule has 0 bridgehead atoms. The molecule has 0 radical (unpaired) electrons. The normalized spacial score (nSPS) is 13.3. The minimum atomic E-state index is -0.312. The molecule has 2 aromatic heterocycles. The highest BCUT2D eigenvalue weighted by atomic mass is 32.2. The molecule has 9 heteroatoms.